The minimum atomic E-state index is -0.626. The van der Waals surface area contributed by atoms with E-state index in [-0.39, 0.29) is 17.9 Å². The van der Waals surface area contributed by atoms with Crippen molar-refractivity contribution in [3.8, 4) is 16.6 Å². The summed E-state index contributed by atoms with van der Waals surface area (Å²) >= 11 is 1.35. The van der Waals surface area contributed by atoms with Crippen LogP contribution >= 0.6 is 11.3 Å². The number of benzene rings is 2. The molecular formula is C20H15FN2O2S. The van der Waals surface area contributed by atoms with E-state index in [9.17, 15) is 9.18 Å². The van der Waals surface area contributed by atoms with E-state index < -0.39 is 11.8 Å². The van der Waals surface area contributed by atoms with Crippen molar-refractivity contribution < 1.29 is 13.9 Å². The summed E-state index contributed by atoms with van der Waals surface area (Å²) in [5.41, 5.74) is 2.80. The first-order valence-electron chi connectivity index (χ1n) is 8.01. The second-order valence-electron chi connectivity index (χ2n) is 5.58. The summed E-state index contributed by atoms with van der Waals surface area (Å²) < 4.78 is 18.9. The molecule has 4 nitrogen and oxygen atoms in total. The number of hydrogen-bond donors (Lipinski definition) is 0. The summed E-state index contributed by atoms with van der Waals surface area (Å²) in [6.07, 6.45) is 0.958. The fourth-order valence-corrected chi connectivity index (χ4v) is 3.15. The smallest absolute Gasteiger partial charge is 0.358 e. The summed E-state index contributed by atoms with van der Waals surface area (Å²) in [7, 11) is 0. The molecule has 3 aromatic rings. The second-order valence-corrected chi connectivity index (χ2v) is 6.44. The van der Waals surface area contributed by atoms with E-state index >= 15 is 0 Å². The van der Waals surface area contributed by atoms with Crippen molar-refractivity contribution in [1.82, 2.24) is 4.98 Å². The molecule has 0 amide bonds. The number of aromatic nitrogens is 1. The minimum absolute atomic E-state index is 0.156. The van der Waals surface area contributed by atoms with E-state index in [1.165, 1.54) is 35.1 Å². The first-order chi connectivity index (χ1) is 12.6. The van der Waals surface area contributed by atoms with Crippen LogP contribution in [-0.4, -0.2) is 11.0 Å². The Morgan fingerprint density at radius 1 is 1.27 bits per heavy atom. The van der Waals surface area contributed by atoms with Crippen LogP contribution in [0.3, 0.4) is 0 Å². The summed E-state index contributed by atoms with van der Waals surface area (Å²) in [6.45, 7) is 1.83. The van der Waals surface area contributed by atoms with Gasteiger partial charge in [0.2, 0.25) is 0 Å². The van der Waals surface area contributed by atoms with Crippen LogP contribution in [0.1, 0.15) is 34.1 Å². The molecule has 0 unspecified atom stereocenters. The quantitative estimate of drug-likeness (QED) is 0.612. The standard InChI is InChI=1S/C20H15FN2O2S/c1-2-13-3-6-15(7-4-13)19-23-18(12-26-19)20(24)25-11-16-9-14(10-22)5-8-17(16)21/h3-9,12H,2,11H2,1H3. The Balaban J connectivity index is 1.69. The Hall–Kier alpha value is -3.04. The number of thiazole rings is 1. The Morgan fingerprint density at radius 2 is 2.04 bits per heavy atom. The molecule has 0 fully saturated rings. The zero-order chi connectivity index (χ0) is 18.5. The maximum absolute atomic E-state index is 13.7. The van der Waals surface area contributed by atoms with Crippen LogP contribution in [0.2, 0.25) is 0 Å². The molecule has 1 heterocycles. The van der Waals surface area contributed by atoms with Crippen LogP contribution in [0.5, 0.6) is 0 Å². The third kappa shape index (κ3) is 3.95. The molecule has 2 aromatic carbocycles. The molecule has 0 bridgehead atoms. The lowest BCUT2D eigenvalue weighted by Crippen LogP contribution is -2.07. The maximum atomic E-state index is 13.7. The fourth-order valence-electron chi connectivity index (χ4n) is 2.36. The van der Waals surface area contributed by atoms with Gasteiger partial charge in [-0.3, -0.25) is 0 Å². The van der Waals surface area contributed by atoms with Gasteiger partial charge in [0.1, 0.15) is 17.4 Å². The van der Waals surface area contributed by atoms with Crippen LogP contribution in [0, 0.1) is 17.1 Å². The molecule has 130 valence electrons. The molecule has 0 saturated carbocycles. The highest BCUT2D eigenvalue weighted by molar-refractivity contribution is 7.13. The number of aryl methyl sites for hydroxylation is 1. The summed E-state index contributed by atoms with van der Waals surface area (Å²) in [5.74, 6) is -1.15. The van der Waals surface area contributed by atoms with E-state index in [4.69, 9.17) is 10.00 Å². The van der Waals surface area contributed by atoms with Crippen molar-refractivity contribution in [2.24, 2.45) is 0 Å². The SMILES string of the molecule is CCc1ccc(-c2nc(C(=O)OCc3cc(C#N)ccc3F)cs2)cc1. The van der Waals surface area contributed by atoms with Crippen LogP contribution < -0.4 is 0 Å². The third-order valence-corrected chi connectivity index (χ3v) is 4.75. The first-order valence-corrected chi connectivity index (χ1v) is 8.89. The summed E-state index contributed by atoms with van der Waals surface area (Å²) in [5, 5.41) is 11.2. The van der Waals surface area contributed by atoms with Crippen molar-refractivity contribution in [2.45, 2.75) is 20.0 Å². The van der Waals surface area contributed by atoms with Gasteiger partial charge in [-0.15, -0.1) is 11.3 Å². The number of carbonyl (C=O) groups is 1. The van der Waals surface area contributed by atoms with Crippen LogP contribution in [0.4, 0.5) is 4.39 Å². The molecule has 0 aliphatic rings. The predicted octanol–water partition coefficient (Wildman–Crippen LogP) is 4.74. The molecule has 1 aromatic heterocycles. The molecule has 0 spiro atoms. The average molecular weight is 366 g/mol. The number of hydrogen-bond acceptors (Lipinski definition) is 5. The zero-order valence-electron chi connectivity index (χ0n) is 14.0. The van der Waals surface area contributed by atoms with Crippen LogP contribution in [0.15, 0.2) is 47.8 Å². The number of ether oxygens (including phenoxy) is 1. The van der Waals surface area contributed by atoms with Gasteiger partial charge in [0.15, 0.2) is 5.69 Å². The van der Waals surface area contributed by atoms with E-state index in [1.54, 1.807) is 5.38 Å². The molecule has 6 heteroatoms. The van der Waals surface area contributed by atoms with Gasteiger partial charge in [0, 0.05) is 16.5 Å². The molecule has 0 radical (unpaired) electrons. The Labute approximate surface area is 154 Å². The molecular weight excluding hydrogens is 351 g/mol. The molecule has 0 saturated heterocycles. The van der Waals surface area contributed by atoms with E-state index in [2.05, 4.69) is 11.9 Å². The van der Waals surface area contributed by atoms with Gasteiger partial charge in [-0.1, -0.05) is 31.2 Å². The van der Waals surface area contributed by atoms with Gasteiger partial charge in [-0.05, 0) is 30.2 Å². The molecule has 0 N–H and O–H groups in total. The predicted molar refractivity (Wildman–Crippen MR) is 97.2 cm³/mol. The van der Waals surface area contributed by atoms with Gasteiger partial charge in [-0.25, -0.2) is 14.2 Å². The highest BCUT2D eigenvalue weighted by Gasteiger charge is 2.14. The van der Waals surface area contributed by atoms with Crippen LogP contribution in [-0.2, 0) is 17.8 Å². The first kappa shape index (κ1) is 17.8. The summed E-state index contributed by atoms with van der Waals surface area (Å²) in [6, 6.07) is 13.8. The van der Waals surface area contributed by atoms with Crippen molar-refractivity contribution in [3.63, 3.8) is 0 Å². The van der Waals surface area contributed by atoms with Crippen molar-refractivity contribution in [1.29, 1.82) is 5.26 Å². The number of halogens is 1. The second kappa shape index (κ2) is 7.89. The van der Waals surface area contributed by atoms with E-state index in [1.807, 2.05) is 30.3 Å². The monoisotopic (exact) mass is 366 g/mol. The molecule has 0 aliphatic carbocycles. The largest absolute Gasteiger partial charge is 0.456 e. The Kier molecular flexibility index (Phi) is 5.40. The lowest BCUT2D eigenvalue weighted by atomic mass is 10.1. The molecule has 0 atom stereocenters. The minimum Gasteiger partial charge on any atom is -0.456 e. The normalized spacial score (nSPS) is 10.3. The molecule has 0 aliphatic heterocycles. The van der Waals surface area contributed by atoms with Crippen molar-refractivity contribution in [3.05, 3.63) is 76.0 Å². The van der Waals surface area contributed by atoms with Gasteiger partial charge in [-0.2, -0.15) is 5.26 Å². The Bertz CT molecular complexity index is 974. The van der Waals surface area contributed by atoms with E-state index in [0.29, 0.717) is 5.56 Å². The fraction of sp³-hybridized carbons (Fsp3) is 0.150. The number of carbonyl (C=O) groups excluding carboxylic acids is 1. The highest BCUT2D eigenvalue weighted by atomic mass is 32.1. The maximum Gasteiger partial charge on any atom is 0.358 e. The number of nitrogens with zero attached hydrogens (tertiary/aromatic N) is 2. The Morgan fingerprint density at radius 3 is 2.73 bits per heavy atom. The van der Waals surface area contributed by atoms with Gasteiger partial charge in [0.05, 0.1) is 11.6 Å². The van der Waals surface area contributed by atoms with Gasteiger partial charge < -0.3 is 4.74 Å². The molecule has 26 heavy (non-hydrogen) atoms. The zero-order valence-corrected chi connectivity index (χ0v) is 14.8. The number of rotatable bonds is 5. The summed E-state index contributed by atoms with van der Waals surface area (Å²) in [4.78, 5) is 16.5. The topological polar surface area (TPSA) is 63.0 Å². The lowest BCUT2D eigenvalue weighted by molar-refractivity contribution is 0.0463. The van der Waals surface area contributed by atoms with Crippen molar-refractivity contribution >= 4 is 17.3 Å². The van der Waals surface area contributed by atoms with Crippen molar-refractivity contribution in [2.75, 3.05) is 0 Å². The van der Waals surface area contributed by atoms with Crippen LogP contribution in [0.25, 0.3) is 10.6 Å². The van der Waals surface area contributed by atoms with Gasteiger partial charge >= 0.3 is 5.97 Å². The number of nitriles is 1. The van der Waals surface area contributed by atoms with Gasteiger partial charge in [0.25, 0.3) is 0 Å². The molecule has 3 rings (SSSR count). The highest BCUT2D eigenvalue weighted by Crippen LogP contribution is 2.24. The third-order valence-electron chi connectivity index (χ3n) is 3.86. The number of esters is 1. The lowest BCUT2D eigenvalue weighted by Gasteiger charge is -2.05. The average Bonchev–Trinajstić information content (AvgIpc) is 3.17. The van der Waals surface area contributed by atoms with E-state index in [0.717, 1.165) is 17.0 Å².